The summed E-state index contributed by atoms with van der Waals surface area (Å²) in [6, 6.07) is 109. The molecule has 11 heterocycles. The van der Waals surface area contributed by atoms with Gasteiger partial charge in [-0.25, -0.2) is 9.59 Å². The summed E-state index contributed by atoms with van der Waals surface area (Å²) in [5, 5.41) is 1.93. The molecule has 4 aliphatic rings. The largest absolute Gasteiger partial charge is 1.00 e. The molecule has 17 aromatic rings. The van der Waals surface area contributed by atoms with E-state index in [-0.39, 0.29) is 31.0 Å². The number of halogens is 1. The van der Waals surface area contributed by atoms with Crippen LogP contribution in [0.25, 0.3) is 106 Å². The highest BCUT2D eigenvalue weighted by Crippen LogP contribution is 2.58. The molecule has 7 aromatic heterocycles. The summed E-state index contributed by atoms with van der Waals surface area (Å²) in [6.45, 7) is 10.9. The van der Waals surface area contributed by atoms with Crippen LogP contribution in [0, 0.1) is 20.8 Å². The number of hydrogen-bond acceptors (Lipinski definition) is 6. The van der Waals surface area contributed by atoms with Gasteiger partial charge in [0.1, 0.15) is 23.0 Å². The molecule has 0 aliphatic carbocycles. The number of benzene rings is 10. The second kappa shape index (κ2) is 27.8. The van der Waals surface area contributed by atoms with Crippen molar-refractivity contribution in [3.8, 4) is 90.2 Å². The molecule has 0 fully saturated rings. The van der Waals surface area contributed by atoms with E-state index in [1.165, 1.54) is 44.5 Å². The number of hydrogen-bond donors (Lipinski definition) is 0. The van der Waals surface area contributed by atoms with E-state index in [9.17, 15) is 9.59 Å². The standard InChI is InChI=1S/C52H39N2O3.C50H34N2O3.ClH/c1-4-56-52(55)40-22-12-11-21-39(40)49-41-27-25-37(50-47(35-17-7-5-8-18-35)33(2)43-23-13-15-29-53(43)50)31-45(41)57-46-32-38(26-28-42(46)49)51-48(36-19-9-6-10-20-36)34(3)44-24-14-16-30-54(44)51;1-31-41-21-11-13-27-51(41)47(45(31)33-15-5-3-6-16-33)35-23-25-39-43(29-35)54-44-30-36(24-26-40(44)50(39)38-20-10-9-19-37(38)49(53)55-50)48-46(34-17-7-4-8-18-34)32(2)42-22-12-14-28-52(42)48;/h5-32H,4H2,1-3H3;3-30H,1-2H3;1H/q+1;;/p-1. The lowest BCUT2D eigenvalue weighted by atomic mass is 9.77. The average molecular weight is 1490 g/mol. The zero-order chi connectivity index (χ0) is 75.5. The lowest BCUT2D eigenvalue weighted by Gasteiger charge is -2.37. The van der Waals surface area contributed by atoms with Crippen molar-refractivity contribution >= 4 is 50.9 Å². The van der Waals surface area contributed by atoms with Gasteiger partial charge in [-0.3, -0.25) is 0 Å². The number of aromatic nitrogens is 4. The molecule has 4 aliphatic heterocycles. The molecular weight excluding hydrogens is 1410 g/mol. The molecule has 113 heavy (non-hydrogen) atoms. The average Bonchev–Trinajstić information content (AvgIpc) is 1.59. The Kier molecular flexibility index (Phi) is 17.1. The first-order valence-corrected chi connectivity index (χ1v) is 38.1. The number of rotatable bonds is 10. The van der Waals surface area contributed by atoms with Crippen LogP contribution in [0.15, 0.2) is 340 Å². The van der Waals surface area contributed by atoms with Gasteiger partial charge in [0.2, 0.25) is 11.4 Å². The van der Waals surface area contributed by atoms with Crippen LogP contribution in [-0.4, -0.2) is 31.7 Å². The van der Waals surface area contributed by atoms with E-state index in [1.807, 2.05) is 67.6 Å². The number of carbonyl (C=O) groups excluding carboxylic acids is 2. The first-order chi connectivity index (χ1) is 55.0. The van der Waals surface area contributed by atoms with Crippen molar-refractivity contribution < 1.29 is 45.5 Å². The molecular formula is C102H73ClN4O6. The summed E-state index contributed by atoms with van der Waals surface area (Å²) in [5.74, 6) is 2.03. The SMILES string of the molecule is CCOC(=O)c1ccccc1C1=c2cc/c(=C3\C(c4ccccc4)=C(C)c4cccc[n+]43)cc2Oc2cc(-c3c(-c4ccccc4)c(C)c4ccccn34)ccc21.Cc1c(-c2ccccc2)c(-c2ccc3c(c2)Oc2cc(-c4c(-c5ccccc5)c(C)c5ccccn45)ccc2C32OC(=O)c3ccccc32)n2ccccc12.[Cl-]. The van der Waals surface area contributed by atoms with Crippen molar-refractivity contribution in [2.75, 3.05) is 6.61 Å². The van der Waals surface area contributed by atoms with Crippen molar-refractivity contribution in [1.29, 1.82) is 0 Å². The highest BCUT2D eigenvalue weighted by Gasteiger charge is 2.54. The molecule has 0 amide bonds. The fourth-order valence-electron chi connectivity index (χ4n) is 18.0. The maximum atomic E-state index is 13.8. The third kappa shape index (κ3) is 11.0. The Hall–Kier alpha value is -14.1. The van der Waals surface area contributed by atoms with Gasteiger partial charge in [-0.05, 0) is 188 Å². The highest BCUT2D eigenvalue weighted by atomic mass is 35.5. The van der Waals surface area contributed by atoms with E-state index < -0.39 is 5.60 Å². The molecule has 10 nitrogen and oxygen atoms in total. The van der Waals surface area contributed by atoms with Gasteiger partial charge >= 0.3 is 11.9 Å². The van der Waals surface area contributed by atoms with E-state index in [0.717, 1.165) is 128 Å². The van der Waals surface area contributed by atoms with Crippen LogP contribution in [0.4, 0.5) is 0 Å². The number of nitrogens with zero attached hydrogens (tertiary/aromatic N) is 4. The van der Waals surface area contributed by atoms with Gasteiger partial charge in [0, 0.05) is 119 Å². The molecule has 1 spiro atoms. The Labute approximate surface area is 660 Å². The predicted octanol–water partition coefficient (Wildman–Crippen LogP) is 19.0. The van der Waals surface area contributed by atoms with E-state index >= 15 is 0 Å². The molecule has 0 radical (unpaired) electrons. The third-order valence-electron chi connectivity index (χ3n) is 22.9. The quantitative estimate of drug-likeness (QED) is 0.100. The summed E-state index contributed by atoms with van der Waals surface area (Å²) in [6.07, 6.45) is 8.51. The predicted molar refractivity (Wildman–Crippen MR) is 445 cm³/mol. The number of allylic oxidation sites excluding steroid dienone is 2. The minimum Gasteiger partial charge on any atom is -1.00 e. The number of pyridine rings is 4. The van der Waals surface area contributed by atoms with Gasteiger partial charge in [-0.1, -0.05) is 194 Å². The second-order valence-electron chi connectivity index (χ2n) is 29.0. The van der Waals surface area contributed by atoms with Crippen molar-refractivity contribution in [1.82, 2.24) is 13.2 Å². The first-order valence-electron chi connectivity index (χ1n) is 38.1. The molecule has 0 atom stereocenters. The van der Waals surface area contributed by atoms with Crippen LogP contribution in [-0.2, 0) is 15.1 Å². The van der Waals surface area contributed by atoms with Gasteiger partial charge in [0.05, 0.1) is 45.6 Å². The fraction of sp³-hybridized carbons (Fsp3) is 0.0686. The molecule has 0 saturated heterocycles. The normalized spacial score (nSPS) is 13.7. The van der Waals surface area contributed by atoms with Gasteiger partial charge in [-0.15, -0.1) is 0 Å². The zero-order valence-corrected chi connectivity index (χ0v) is 63.4. The van der Waals surface area contributed by atoms with Crippen molar-refractivity contribution in [3.63, 3.8) is 0 Å². The molecule has 11 heteroatoms. The van der Waals surface area contributed by atoms with Crippen LogP contribution in [0.5, 0.6) is 23.0 Å². The van der Waals surface area contributed by atoms with Crippen LogP contribution in [0.3, 0.4) is 0 Å². The highest BCUT2D eigenvalue weighted by molar-refractivity contribution is 6.09. The minimum absolute atomic E-state index is 0. The second-order valence-corrected chi connectivity index (χ2v) is 29.0. The van der Waals surface area contributed by atoms with E-state index in [4.69, 9.17) is 18.9 Å². The smallest absolute Gasteiger partial charge is 0.340 e. The minimum atomic E-state index is -1.19. The van der Waals surface area contributed by atoms with Gasteiger partial charge < -0.3 is 44.6 Å². The lowest BCUT2D eigenvalue weighted by Crippen LogP contribution is -3.00. The van der Waals surface area contributed by atoms with E-state index in [2.05, 4.69) is 325 Å². The van der Waals surface area contributed by atoms with Gasteiger partial charge in [0.25, 0.3) is 0 Å². The first kappa shape index (κ1) is 69.4. The summed E-state index contributed by atoms with van der Waals surface area (Å²) in [4.78, 5) is 27.3. The monoisotopic (exact) mass is 1480 g/mol. The van der Waals surface area contributed by atoms with Crippen LogP contribution in [0.2, 0.25) is 0 Å². The molecule has 10 aromatic carbocycles. The number of aryl methyl sites for hydroxylation is 3. The Morgan fingerprint density at radius 1 is 0.398 bits per heavy atom. The maximum absolute atomic E-state index is 13.8. The molecule has 0 saturated carbocycles. The molecule has 0 bridgehead atoms. The van der Waals surface area contributed by atoms with Crippen molar-refractivity contribution in [2.45, 2.75) is 40.2 Å². The molecule has 21 rings (SSSR count). The lowest BCUT2D eigenvalue weighted by molar-refractivity contribution is -0.577. The number of fused-ring (bicyclic) bond motifs is 12. The summed E-state index contributed by atoms with van der Waals surface area (Å²) in [5.41, 5.74) is 31.0. The maximum Gasteiger partial charge on any atom is 0.340 e. The number of carbonyl (C=O) groups is 2. The molecule has 0 N–H and O–H groups in total. The summed E-state index contributed by atoms with van der Waals surface area (Å²) in [7, 11) is 0. The van der Waals surface area contributed by atoms with Crippen LogP contribution >= 0.6 is 0 Å². The van der Waals surface area contributed by atoms with E-state index in [1.54, 1.807) is 0 Å². The summed E-state index contributed by atoms with van der Waals surface area (Å²) >= 11 is 0. The topological polar surface area (TPSA) is 88.2 Å². The number of esters is 2. The van der Waals surface area contributed by atoms with Crippen molar-refractivity contribution in [3.05, 3.63) is 418 Å². The Bertz CT molecular complexity index is 6780. The van der Waals surface area contributed by atoms with E-state index in [0.29, 0.717) is 34.1 Å². The van der Waals surface area contributed by atoms with Crippen LogP contribution < -0.4 is 36.9 Å². The van der Waals surface area contributed by atoms with Crippen molar-refractivity contribution in [2.24, 2.45) is 0 Å². The molecule has 0 unspecified atom stereocenters. The summed E-state index contributed by atoms with van der Waals surface area (Å²) < 4.78 is 35.4. The molecule has 544 valence electrons. The Morgan fingerprint density at radius 3 is 1.38 bits per heavy atom. The van der Waals surface area contributed by atoms with Crippen LogP contribution in [0.1, 0.15) is 90.3 Å². The Morgan fingerprint density at radius 2 is 0.850 bits per heavy atom. The number of ether oxygens (including phenoxy) is 4. The zero-order valence-electron chi connectivity index (χ0n) is 62.7. The third-order valence-corrected chi connectivity index (χ3v) is 22.9. The van der Waals surface area contributed by atoms with Gasteiger partial charge in [0.15, 0.2) is 11.8 Å². The Balaban J connectivity index is 0.000000151. The fourth-order valence-corrected chi connectivity index (χ4v) is 18.0. The van der Waals surface area contributed by atoms with Gasteiger partial charge in [-0.2, -0.15) is 4.57 Å².